The molecule has 2 N–H and O–H groups in total. The average Bonchev–Trinajstić information content (AvgIpc) is 2.96. The van der Waals surface area contributed by atoms with E-state index in [4.69, 9.17) is 17.3 Å². The van der Waals surface area contributed by atoms with Crippen LogP contribution in [-0.2, 0) is 25.6 Å². The summed E-state index contributed by atoms with van der Waals surface area (Å²) in [7, 11) is 2.00. The van der Waals surface area contributed by atoms with E-state index in [2.05, 4.69) is 35.1 Å². The van der Waals surface area contributed by atoms with E-state index >= 15 is 0 Å². The minimum atomic E-state index is 0.288. The van der Waals surface area contributed by atoms with Crippen molar-refractivity contribution in [1.82, 2.24) is 14.7 Å². The largest absolute Gasteiger partial charge is 0.325 e. The molecule has 0 unspecified atom stereocenters. The molecule has 1 fully saturated rings. The van der Waals surface area contributed by atoms with Crippen LogP contribution in [0, 0.1) is 0 Å². The number of nitrogens with two attached hydrogens (primary N) is 1. The van der Waals surface area contributed by atoms with E-state index in [1.165, 1.54) is 30.5 Å². The van der Waals surface area contributed by atoms with Crippen LogP contribution in [0.1, 0.15) is 43.1 Å². The molecule has 1 aromatic heterocycles. The van der Waals surface area contributed by atoms with Crippen molar-refractivity contribution < 1.29 is 0 Å². The molecule has 1 aliphatic heterocycles. The quantitative estimate of drug-likeness (QED) is 0.901. The van der Waals surface area contributed by atoms with Crippen LogP contribution in [0.4, 0.5) is 0 Å². The van der Waals surface area contributed by atoms with E-state index in [-0.39, 0.29) is 5.41 Å². The van der Waals surface area contributed by atoms with Crippen molar-refractivity contribution in [2.45, 2.75) is 44.7 Å². The van der Waals surface area contributed by atoms with E-state index in [1.807, 2.05) is 23.9 Å². The summed E-state index contributed by atoms with van der Waals surface area (Å²) in [6.45, 7) is 5.98. The molecule has 4 nitrogen and oxygen atoms in total. The summed E-state index contributed by atoms with van der Waals surface area (Å²) in [5.74, 6) is 0. The first kappa shape index (κ1) is 17.5. The van der Waals surface area contributed by atoms with Crippen molar-refractivity contribution in [1.29, 1.82) is 0 Å². The van der Waals surface area contributed by atoms with E-state index < -0.39 is 0 Å². The molecule has 0 spiro atoms. The van der Waals surface area contributed by atoms with Crippen LogP contribution in [0.3, 0.4) is 0 Å². The zero-order valence-electron chi connectivity index (χ0n) is 14.6. The lowest BCUT2D eigenvalue weighted by molar-refractivity contribution is 0.146. The maximum Gasteiger partial charge on any atom is 0.0763 e. The van der Waals surface area contributed by atoms with Gasteiger partial charge in [-0.1, -0.05) is 30.7 Å². The second-order valence-electron chi connectivity index (χ2n) is 6.87. The smallest absolute Gasteiger partial charge is 0.0763 e. The topological polar surface area (TPSA) is 47.1 Å². The fourth-order valence-corrected chi connectivity index (χ4v) is 3.96. The Morgan fingerprint density at radius 2 is 1.88 bits per heavy atom. The Bertz CT molecular complexity index is 669. The molecule has 0 saturated carbocycles. The lowest BCUT2D eigenvalue weighted by atomic mass is 9.71. The monoisotopic (exact) mass is 346 g/mol. The molecular weight excluding hydrogens is 320 g/mol. The second-order valence-corrected chi connectivity index (χ2v) is 7.31. The van der Waals surface area contributed by atoms with Crippen LogP contribution in [0.2, 0.25) is 5.02 Å². The van der Waals surface area contributed by atoms with Gasteiger partial charge >= 0.3 is 0 Å². The molecule has 1 aromatic carbocycles. The first-order valence-corrected chi connectivity index (χ1v) is 9.14. The molecule has 3 rings (SSSR count). The predicted molar refractivity (Wildman–Crippen MR) is 99.0 cm³/mol. The standard InChI is InChI=1S/C19H27ClN4/c1-3-19(15-4-6-16(20)7-5-15)8-10-24(11-9-19)14-18-12-17(13-21)22-23(18)2/h4-7,12H,3,8-11,13-14,21H2,1-2H3. The zero-order chi connectivity index (χ0) is 17.2. The highest BCUT2D eigenvalue weighted by atomic mass is 35.5. The first-order valence-electron chi connectivity index (χ1n) is 8.76. The van der Waals surface area contributed by atoms with E-state index in [9.17, 15) is 0 Å². The molecular formula is C19H27ClN4. The van der Waals surface area contributed by atoms with Crippen molar-refractivity contribution in [3.05, 3.63) is 52.3 Å². The minimum Gasteiger partial charge on any atom is -0.325 e. The number of rotatable bonds is 5. The van der Waals surface area contributed by atoms with Gasteiger partial charge in [0.2, 0.25) is 0 Å². The Balaban J connectivity index is 1.67. The number of benzene rings is 1. The minimum absolute atomic E-state index is 0.288. The summed E-state index contributed by atoms with van der Waals surface area (Å²) in [5, 5.41) is 5.26. The van der Waals surface area contributed by atoms with Crippen molar-refractivity contribution >= 4 is 11.6 Å². The molecule has 1 saturated heterocycles. The summed E-state index contributed by atoms with van der Waals surface area (Å²) in [4.78, 5) is 2.53. The number of piperidine rings is 1. The average molecular weight is 347 g/mol. The van der Waals surface area contributed by atoms with Crippen molar-refractivity contribution in [3.63, 3.8) is 0 Å². The molecule has 2 aromatic rings. The highest BCUT2D eigenvalue weighted by Gasteiger charge is 2.34. The number of hydrogen-bond donors (Lipinski definition) is 1. The Morgan fingerprint density at radius 1 is 1.21 bits per heavy atom. The number of halogens is 1. The third-order valence-electron chi connectivity index (χ3n) is 5.57. The third kappa shape index (κ3) is 3.51. The van der Waals surface area contributed by atoms with Crippen LogP contribution in [0.15, 0.2) is 30.3 Å². The fourth-order valence-electron chi connectivity index (χ4n) is 3.84. The molecule has 0 bridgehead atoms. The number of aromatic nitrogens is 2. The second kappa shape index (κ2) is 7.26. The summed E-state index contributed by atoms with van der Waals surface area (Å²) < 4.78 is 1.96. The zero-order valence-corrected chi connectivity index (χ0v) is 15.4. The van der Waals surface area contributed by atoms with E-state index in [0.717, 1.165) is 30.4 Å². The lowest BCUT2D eigenvalue weighted by Crippen LogP contribution is -2.42. The summed E-state index contributed by atoms with van der Waals surface area (Å²) in [5.41, 5.74) is 9.62. The summed E-state index contributed by atoms with van der Waals surface area (Å²) in [6.07, 6.45) is 3.55. The Kier molecular flexibility index (Phi) is 5.28. The van der Waals surface area contributed by atoms with Crippen LogP contribution in [-0.4, -0.2) is 27.8 Å². The van der Waals surface area contributed by atoms with Gasteiger partial charge < -0.3 is 5.73 Å². The van der Waals surface area contributed by atoms with Gasteiger partial charge in [-0.2, -0.15) is 5.10 Å². The lowest BCUT2D eigenvalue weighted by Gasteiger charge is -2.42. The van der Waals surface area contributed by atoms with Gasteiger partial charge in [0, 0.05) is 25.2 Å². The van der Waals surface area contributed by atoms with Crippen LogP contribution < -0.4 is 5.73 Å². The number of hydrogen-bond acceptors (Lipinski definition) is 3. The van der Waals surface area contributed by atoms with Crippen LogP contribution >= 0.6 is 11.6 Å². The molecule has 0 atom stereocenters. The SMILES string of the molecule is CCC1(c2ccc(Cl)cc2)CCN(Cc2cc(CN)nn2C)CC1. The summed E-state index contributed by atoms with van der Waals surface area (Å²) in [6, 6.07) is 10.6. The van der Waals surface area contributed by atoms with Gasteiger partial charge in [-0.3, -0.25) is 9.58 Å². The molecule has 0 amide bonds. The van der Waals surface area contributed by atoms with Crippen molar-refractivity contribution in [2.24, 2.45) is 12.8 Å². The van der Waals surface area contributed by atoms with Gasteiger partial charge in [-0.25, -0.2) is 0 Å². The third-order valence-corrected chi connectivity index (χ3v) is 5.82. The molecule has 0 aliphatic carbocycles. The maximum atomic E-state index is 6.06. The predicted octanol–water partition coefficient (Wildman–Crippen LogP) is 3.48. The van der Waals surface area contributed by atoms with Crippen LogP contribution in [0.5, 0.6) is 0 Å². The number of aryl methyl sites for hydroxylation is 1. The van der Waals surface area contributed by atoms with Crippen LogP contribution in [0.25, 0.3) is 0 Å². The van der Waals surface area contributed by atoms with E-state index in [0.29, 0.717) is 6.54 Å². The van der Waals surface area contributed by atoms with Gasteiger partial charge in [0.1, 0.15) is 0 Å². The van der Waals surface area contributed by atoms with Gasteiger partial charge in [-0.15, -0.1) is 0 Å². The highest BCUT2D eigenvalue weighted by Crippen LogP contribution is 2.39. The maximum absolute atomic E-state index is 6.06. The molecule has 2 heterocycles. The van der Waals surface area contributed by atoms with Gasteiger partial charge in [0.05, 0.1) is 11.4 Å². The van der Waals surface area contributed by atoms with Gasteiger partial charge in [-0.05, 0) is 61.5 Å². The van der Waals surface area contributed by atoms with Crippen molar-refractivity contribution in [3.8, 4) is 0 Å². The Labute approximate surface area is 149 Å². The van der Waals surface area contributed by atoms with Crippen molar-refractivity contribution in [2.75, 3.05) is 13.1 Å². The highest BCUT2D eigenvalue weighted by molar-refractivity contribution is 6.30. The van der Waals surface area contributed by atoms with Gasteiger partial charge in [0.25, 0.3) is 0 Å². The first-order chi connectivity index (χ1) is 11.6. The molecule has 130 valence electrons. The molecule has 0 radical (unpaired) electrons. The van der Waals surface area contributed by atoms with Gasteiger partial charge in [0.15, 0.2) is 0 Å². The number of nitrogens with zero attached hydrogens (tertiary/aromatic N) is 3. The molecule has 24 heavy (non-hydrogen) atoms. The Hall–Kier alpha value is -1.36. The number of likely N-dealkylation sites (tertiary alicyclic amines) is 1. The molecule has 1 aliphatic rings. The molecule has 5 heteroatoms. The normalized spacial score (nSPS) is 18.0. The summed E-state index contributed by atoms with van der Waals surface area (Å²) >= 11 is 6.06. The van der Waals surface area contributed by atoms with E-state index in [1.54, 1.807) is 0 Å². The Morgan fingerprint density at radius 3 is 2.42 bits per heavy atom. The fraction of sp³-hybridized carbons (Fsp3) is 0.526.